The summed E-state index contributed by atoms with van der Waals surface area (Å²) >= 11 is 8.63. The molecule has 0 aliphatic heterocycles. The summed E-state index contributed by atoms with van der Waals surface area (Å²) in [5.74, 6) is 2.75. The summed E-state index contributed by atoms with van der Waals surface area (Å²) in [5, 5.41) is 1.17. The Morgan fingerprint density at radius 3 is 2.93 bits per heavy atom. The van der Waals surface area contributed by atoms with E-state index in [2.05, 4.69) is 11.9 Å². The zero-order valence-corrected chi connectivity index (χ0v) is 11.1. The maximum absolute atomic E-state index is 5.72. The molecule has 1 heterocycles. The highest BCUT2D eigenvalue weighted by molar-refractivity contribution is 7.98. The lowest BCUT2D eigenvalue weighted by atomic mass is 10.2. The average Bonchev–Trinajstić information content (AvgIpc) is 2.95. The van der Waals surface area contributed by atoms with E-state index in [9.17, 15) is 0 Å². The number of thioether (sulfide) groups is 1. The smallest absolute Gasteiger partial charge is 0.116 e. The Hall–Kier alpha value is -0.130. The van der Waals surface area contributed by atoms with Crippen molar-refractivity contribution in [2.45, 2.75) is 31.4 Å². The molecule has 1 aromatic heterocycles. The highest BCUT2D eigenvalue weighted by Crippen LogP contribution is 2.42. The van der Waals surface area contributed by atoms with E-state index < -0.39 is 0 Å². The molecule has 15 heavy (non-hydrogen) atoms. The number of nitrogens with two attached hydrogens (primary N) is 1. The molecule has 2 rings (SSSR count). The molecule has 0 spiro atoms. The lowest BCUT2D eigenvalue weighted by molar-refractivity contribution is 1.02. The van der Waals surface area contributed by atoms with Crippen LogP contribution in [0.4, 0.5) is 0 Å². The topological polar surface area (TPSA) is 38.9 Å². The van der Waals surface area contributed by atoms with E-state index in [-0.39, 0.29) is 0 Å². The van der Waals surface area contributed by atoms with Gasteiger partial charge >= 0.3 is 0 Å². The Bertz CT molecular complexity index is 369. The van der Waals surface area contributed by atoms with E-state index in [4.69, 9.17) is 18.0 Å². The molecular formula is C10H14N2S3. The lowest BCUT2D eigenvalue weighted by Gasteiger charge is -1.95. The van der Waals surface area contributed by atoms with Crippen LogP contribution in [0.2, 0.25) is 0 Å². The minimum atomic E-state index is 0.516. The Balaban J connectivity index is 2.19. The van der Waals surface area contributed by atoms with E-state index in [0.29, 0.717) is 10.9 Å². The van der Waals surface area contributed by atoms with Gasteiger partial charge in [0, 0.05) is 11.7 Å². The van der Waals surface area contributed by atoms with Crippen LogP contribution in [0.5, 0.6) is 0 Å². The SMILES string of the molecule is CCSCc1nc(C2CC2)c(C(N)=S)s1. The van der Waals surface area contributed by atoms with E-state index in [1.54, 1.807) is 11.3 Å². The summed E-state index contributed by atoms with van der Waals surface area (Å²) in [5.41, 5.74) is 6.88. The Morgan fingerprint density at radius 2 is 2.40 bits per heavy atom. The van der Waals surface area contributed by atoms with Gasteiger partial charge in [-0.15, -0.1) is 11.3 Å². The Kier molecular flexibility index (Phi) is 3.64. The van der Waals surface area contributed by atoms with Crippen molar-refractivity contribution in [1.29, 1.82) is 0 Å². The van der Waals surface area contributed by atoms with Crippen LogP contribution in [0, 0.1) is 0 Å². The third-order valence-corrected chi connectivity index (χ3v) is 4.82. The van der Waals surface area contributed by atoms with E-state index in [1.165, 1.54) is 23.5 Å². The predicted molar refractivity (Wildman–Crippen MR) is 71.8 cm³/mol. The van der Waals surface area contributed by atoms with Gasteiger partial charge in [0.15, 0.2) is 0 Å². The van der Waals surface area contributed by atoms with Crippen molar-refractivity contribution in [3.63, 3.8) is 0 Å². The highest BCUT2D eigenvalue weighted by atomic mass is 32.2. The molecule has 2 nitrogen and oxygen atoms in total. The van der Waals surface area contributed by atoms with Crippen LogP contribution in [0.15, 0.2) is 0 Å². The van der Waals surface area contributed by atoms with E-state index >= 15 is 0 Å². The second-order valence-corrected chi connectivity index (χ2v) is 6.40. The summed E-state index contributed by atoms with van der Waals surface area (Å²) < 4.78 is 0. The molecule has 1 fully saturated rings. The minimum Gasteiger partial charge on any atom is -0.389 e. The van der Waals surface area contributed by atoms with Crippen molar-refractivity contribution in [1.82, 2.24) is 4.98 Å². The van der Waals surface area contributed by atoms with Crippen molar-refractivity contribution < 1.29 is 0 Å². The molecule has 0 aromatic carbocycles. The van der Waals surface area contributed by atoms with Crippen molar-refractivity contribution in [3.8, 4) is 0 Å². The molecule has 5 heteroatoms. The van der Waals surface area contributed by atoms with Gasteiger partial charge in [-0.25, -0.2) is 4.98 Å². The van der Waals surface area contributed by atoms with E-state index in [1.807, 2.05) is 11.8 Å². The summed E-state index contributed by atoms with van der Waals surface area (Å²) in [7, 11) is 0. The van der Waals surface area contributed by atoms with Gasteiger partial charge in [-0.1, -0.05) is 19.1 Å². The summed E-state index contributed by atoms with van der Waals surface area (Å²) in [6.45, 7) is 2.16. The van der Waals surface area contributed by atoms with Crippen LogP contribution in [-0.4, -0.2) is 15.7 Å². The first-order valence-corrected chi connectivity index (χ1v) is 7.47. The van der Waals surface area contributed by atoms with Gasteiger partial charge < -0.3 is 5.73 Å². The molecule has 1 aliphatic rings. The fraction of sp³-hybridized carbons (Fsp3) is 0.600. The van der Waals surface area contributed by atoms with Crippen LogP contribution in [0.1, 0.15) is 41.3 Å². The molecule has 2 N–H and O–H groups in total. The fourth-order valence-corrected chi connectivity index (χ4v) is 3.39. The Labute approximate surface area is 104 Å². The summed E-state index contributed by atoms with van der Waals surface area (Å²) in [4.78, 5) is 6.23. The normalized spacial score (nSPS) is 15.5. The second-order valence-electron chi connectivity index (χ2n) is 3.60. The summed E-state index contributed by atoms with van der Waals surface area (Å²) in [6.07, 6.45) is 2.50. The molecule has 1 aliphatic carbocycles. The molecule has 0 radical (unpaired) electrons. The molecule has 0 amide bonds. The van der Waals surface area contributed by atoms with Crippen LogP contribution < -0.4 is 5.73 Å². The first kappa shape index (κ1) is 11.4. The predicted octanol–water partition coefficient (Wildman–Crippen LogP) is 2.91. The zero-order valence-electron chi connectivity index (χ0n) is 8.66. The van der Waals surface area contributed by atoms with Crippen LogP contribution in [0.3, 0.4) is 0 Å². The quantitative estimate of drug-likeness (QED) is 0.824. The van der Waals surface area contributed by atoms with Crippen LogP contribution >= 0.6 is 35.3 Å². The standard InChI is InChI=1S/C10H14N2S3/c1-2-14-5-7-12-8(6-3-4-6)9(15-7)10(11)13/h6H,2-5H2,1H3,(H2,11,13). The number of nitrogens with zero attached hydrogens (tertiary/aromatic N) is 1. The van der Waals surface area contributed by atoms with Crippen molar-refractivity contribution in [2.75, 3.05) is 5.75 Å². The van der Waals surface area contributed by atoms with Crippen molar-refractivity contribution >= 4 is 40.3 Å². The van der Waals surface area contributed by atoms with Gasteiger partial charge in [0.25, 0.3) is 0 Å². The maximum Gasteiger partial charge on any atom is 0.116 e. The first-order chi connectivity index (χ1) is 7.22. The molecule has 1 saturated carbocycles. The van der Waals surface area contributed by atoms with Crippen molar-refractivity contribution in [3.05, 3.63) is 15.6 Å². The molecule has 0 unspecified atom stereocenters. The fourth-order valence-electron chi connectivity index (χ4n) is 1.44. The van der Waals surface area contributed by atoms with Crippen LogP contribution in [0.25, 0.3) is 0 Å². The van der Waals surface area contributed by atoms with Gasteiger partial charge in [0.2, 0.25) is 0 Å². The van der Waals surface area contributed by atoms with Crippen LogP contribution in [-0.2, 0) is 5.75 Å². The largest absolute Gasteiger partial charge is 0.389 e. The molecule has 0 bridgehead atoms. The zero-order chi connectivity index (χ0) is 10.8. The van der Waals surface area contributed by atoms with Gasteiger partial charge in [0.05, 0.1) is 10.6 Å². The number of thiocarbonyl (C=S) groups is 1. The molecule has 0 atom stereocenters. The van der Waals surface area contributed by atoms with E-state index in [0.717, 1.165) is 16.4 Å². The minimum absolute atomic E-state index is 0.516. The number of hydrogen-bond donors (Lipinski definition) is 1. The number of hydrogen-bond acceptors (Lipinski definition) is 4. The average molecular weight is 258 g/mol. The number of aromatic nitrogens is 1. The van der Waals surface area contributed by atoms with Gasteiger partial charge in [-0.2, -0.15) is 11.8 Å². The number of rotatable bonds is 5. The monoisotopic (exact) mass is 258 g/mol. The first-order valence-electron chi connectivity index (χ1n) is 5.09. The van der Waals surface area contributed by atoms with Gasteiger partial charge in [-0.3, -0.25) is 0 Å². The maximum atomic E-state index is 5.72. The molecule has 1 aromatic rings. The molecule has 0 saturated heterocycles. The van der Waals surface area contributed by atoms with Gasteiger partial charge in [0.1, 0.15) is 10.00 Å². The molecule has 82 valence electrons. The third-order valence-electron chi connectivity index (χ3n) is 2.32. The number of thiazole rings is 1. The lowest BCUT2D eigenvalue weighted by Crippen LogP contribution is -2.09. The van der Waals surface area contributed by atoms with Crippen molar-refractivity contribution in [2.24, 2.45) is 5.73 Å². The molecular weight excluding hydrogens is 244 g/mol. The Morgan fingerprint density at radius 1 is 1.67 bits per heavy atom. The van der Waals surface area contributed by atoms with Gasteiger partial charge in [-0.05, 0) is 18.6 Å². The third kappa shape index (κ3) is 2.71. The highest BCUT2D eigenvalue weighted by Gasteiger charge is 2.30. The second kappa shape index (κ2) is 4.80. The summed E-state index contributed by atoms with van der Waals surface area (Å²) in [6, 6.07) is 0.